The number of ether oxygens (including phenoxy) is 2. The lowest BCUT2D eigenvalue weighted by Gasteiger charge is -2.29. The first-order chi connectivity index (χ1) is 8.37. The fourth-order valence-electron chi connectivity index (χ4n) is 2.06. The van der Waals surface area contributed by atoms with Crippen LogP contribution < -0.4 is 0 Å². The quantitative estimate of drug-likeness (QED) is 0.428. The molecular formula is C14H20O4. The molecule has 0 aliphatic heterocycles. The third-order valence-electron chi connectivity index (χ3n) is 3.17. The van der Waals surface area contributed by atoms with Crippen molar-refractivity contribution < 1.29 is 19.1 Å². The minimum absolute atomic E-state index is 0.262. The minimum Gasteiger partial charge on any atom is -0.452 e. The molecule has 4 heteroatoms. The molecule has 0 aromatic rings. The molecule has 1 fully saturated rings. The third kappa shape index (κ3) is 3.45. The Hall–Kier alpha value is -1.58. The molecule has 1 aliphatic rings. The molecule has 1 rings (SSSR count). The van der Waals surface area contributed by atoms with E-state index in [0.29, 0.717) is 0 Å². The van der Waals surface area contributed by atoms with E-state index in [9.17, 15) is 9.59 Å². The minimum atomic E-state index is -0.581. The van der Waals surface area contributed by atoms with Crippen LogP contribution in [0.15, 0.2) is 24.3 Å². The summed E-state index contributed by atoms with van der Waals surface area (Å²) in [6.45, 7) is 10.3. The van der Waals surface area contributed by atoms with Crippen molar-refractivity contribution in [2.24, 2.45) is 0 Å². The molecule has 0 spiro atoms. The lowest BCUT2D eigenvalue weighted by atomic mass is 9.94. The zero-order valence-corrected chi connectivity index (χ0v) is 11.1. The van der Waals surface area contributed by atoms with Crippen LogP contribution in [-0.4, -0.2) is 24.1 Å². The smallest absolute Gasteiger partial charge is 0.345 e. The predicted molar refractivity (Wildman–Crippen MR) is 67.9 cm³/mol. The van der Waals surface area contributed by atoms with Gasteiger partial charge in [-0.15, -0.1) is 0 Å². The van der Waals surface area contributed by atoms with Gasteiger partial charge in [0, 0.05) is 5.57 Å². The van der Waals surface area contributed by atoms with Crippen LogP contribution in [0.25, 0.3) is 0 Å². The molecule has 4 nitrogen and oxygen atoms in total. The van der Waals surface area contributed by atoms with Crippen LogP contribution >= 0.6 is 0 Å². The van der Waals surface area contributed by atoms with E-state index in [4.69, 9.17) is 9.47 Å². The molecule has 1 aliphatic carbocycles. The summed E-state index contributed by atoms with van der Waals surface area (Å²) in [5.74, 6) is -1.11. The first-order valence-corrected chi connectivity index (χ1v) is 6.08. The SMILES string of the molecule is C=C(C)C(=O)OCC(=O)OC1(C(=C)C)CCCC1. The van der Waals surface area contributed by atoms with Crippen LogP contribution in [-0.2, 0) is 19.1 Å². The Morgan fingerprint density at radius 3 is 2.17 bits per heavy atom. The molecule has 0 aromatic heterocycles. The summed E-state index contributed by atoms with van der Waals surface area (Å²) in [5, 5.41) is 0. The normalized spacial score (nSPS) is 17.0. The third-order valence-corrected chi connectivity index (χ3v) is 3.17. The maximum Gasteiger partial charge on any atom is 0.345 e. The number of carbonyl (C=O) groups excluding carboxylic acids is 2. The fourth-order valence-corrected chi connectivity index (χ4v) is 2.06. The zero-order valence-electron chi connectivity index (χ0n) is 11.1. The van der Waals surface area contributed by atoms with Crippen LogP contribution in [0.5, 0.6) is 0 Å². The van der Waals surface area contributed by atoms with Gasteiger partial charge < -0.3 is 9.47 Å². The average Bonchev–Trinajstić information content (AvgIpc) is 2.75. The number of rotatable bonds is 5. The molecule has 100 valence electrons. The van der Waals surface area contributed by atoms with Crippen LogP contribution in [0.1, 0.15) is 39.5 Å². The molecule has 0 aromatic carbocycles. The van der Waals surface area contributed by atoms with E-state index in [1.165, 1.54) is 6.92 Å². The van der Waals surface area contributed by atoms with E-state index in [-0.39, 0.29) is 12.2 Å². The highest BCUT2D eigenvalue weighted by Crippen LogP contribution is 2.38. The van der Waals surface area contributed by atoms with Gasteiger partial charge in [-0.05, 0) is 45.1 Å². The van der Waals surface area contributed by atoms with E-state index < -0.39 is 17.5 Å². The molecule has 0 saturated heterocycles. The highest BCUT2D eigenvalue weighted by Gasteiger charge is 2.38. The summed E-state index contributed by atoms with van der Waals surface area (Å²) in [4.78, 5) is 22.8. The molecule has 18 heavy (non-hydrogen) atoms. The van der Waals surface area contributed by atoms with Crippen molar-refractivity contribution in [3.05, 3.63) is 24.3 Å². The van der Waals surface area contributed by atoms with E-state index in [1.54, 1.807) is 0 Å². The van der Waals surface area contributed by atoms with Gasteiger partial charge in [-0.1, -0.05) is 13.2 Å². The molecule has 0 heterocycles. The van der Waals surface area contributed by atoms with Gasteiger partial charge in [0.15, 0.2) is 6.61 Å². The zero-order chi connectivity index (χ0) is 13.8. The first-order valence-electron chi connectivity index (χ1n) is 6.08. The topological polar surface area (TPSA) is 52.6 Å². The van der Waals surface area contributed by atoms with Crippen molar-refractivity contribution in [1.29, 1.82) is 0 Å². The molecule has 0 radical (unpaired) electrons. The molecule has 0 atom stereocenters. The van der Waals surface area contributed by atoms with Crippen molar-refractivity contribution >= 4 is 11.9 Å². The van der Waals surface area contributed by atoms with Crippen LogP contribution in [0.2, 0.25) is 0 Å². The molecular weight excluding hydrogens is 232 g/mol. The Bertz CT molecular complexity index is 375. The van der Waals surface area contributed by atoms with Crippen molar-refractivity contribution in [2.75, 3.05) is 6.61 Å². The van der Waals surface area contributed by atoms with E-state index in [1.807, 2.05) is 6.92 Å². The monoisotopic (exact) mass is 252 g/mol. The summed E-state index contributed by atoms with van der Waals surface area (Å²) >= 11 is 0. The lowest BCUT2D eigenvalue weighted by molar-refractivity contribution is -0.165. The summed E-state index contributed by atoms with van der Waals surface area (Å²) in [7, 11) is 0. The molecule has 0 N–H and O–H groups in total. The number of hydrogen-bond acceptors (Lipinski definition) is 4. The summed E-state index contributed by atoms with van der Waals surface area (Å²) in [6.07, 6.45) is 3.63. The number of esters is 2. The lowest BCUT2D eigenvalue weighted by Crippen LogP contribution is -2.34. The van der Waals surface area contributed by atoms with Crippen molar-refractivity contribution in [3.8, 4) is 0 Å². The molecule has 0 unspecified atom stereocenters. The summed E-state index contributed by atoms with van der Waals surface area (Å²) in [5.41, 5.74) is 0.546. The largest absolute Gasteiger partial charge is 0.452 e. The van der Waals surface area contributed by atoms with Crippen molar-refractivity contribution in [3.63, 3.8) is 0 Å². The van der Waals surface area contributed by atoms with Crippen molar-refractivity contribution in [1.82, 2.24) is 0 Å². The number of carbonyl (C=O) groups is 2. The van der Waals surface area contributed by atoms with Crippen LogP contribution in [0, 0.1) is 0 Å². The highest BCUT2D eigenvalue weighted by molar-refractivity contribution is 5.88. The fraction of sp³-hybridized carbons (Fsp3) is 0.571. The van der Waals surface area contributed by atoms with E-state index in [2.05, 4.69) is 13.2 Å². The second kappa shape index (κ2) is 5.85. The van der Waals surface area contributed by atoms with Gasteiger partial charge in [-0.3, -0.25) is 0 Å². The second-order valence-corrected chi connectivity index (χ2v) is 4.81. The van der Waals surface area contributed by atoms with Gasteiger partial charge in [0.1, 0.15) is 5.60 Å². The molecule has 0 amide bonds. The van der Waals surface area contributed by atoms with E-state index in [0.717, 1.165) is 31.3 Å². The summed E-state index contributed by atoms with van der Waals surface area (Å²) < 4.78 is 10.2. The van der Waals surface area contributed by atoms with Gasteiger partial charge in [0.25, 0.3) is 0 Å². The Morgan fingerprint density at radius 1 is 1.17 bits per heavy atom. The second-order valence-electron chi connectivity index (χ2n) is 4.81. The Morgan fingerprint density at radius 2 is 1.72 bits per heavy atom. The van der Waals surface area contributed by atoms with Crippen LogP contribution in [0.3, 0.4) is 0 Å². The first kappa shape index (κ1) is 14.5. The summed E-state index contributed by atoms with van der Waals surface area (Å²) in [6, 6.07) is 0. The maximum absolute atomic E-state index is 11.7. The van der Waals surface area contributed by atoms with Crippen LogP contribution in [0.4, 0.5) is 0 Å². The van der Waals surface area contributed by atoms with E-state index >= 15 is 0 Å². The standard InChI is InChI=1S/C14H20O4/c1-10(2)13(16)17-9-12(15)18-14(11(3)4)7-5-6-8-14/h1,3,5-9H2,2,4H3. The predicted octanol–water partition coefficient (Wildman–Crippen LogP) is 2.54. The van der Waals surface area contributed by atoms with Crippen molar-refractivity contribution in [2.45, 2.75) is 45.1 Å². The highest BCUT2D eigenvalue weighted by atomic mass is 16.6. The molecule has 1 saturated carbocycles. The maximum atomic E-state index is 11.7. The van der Waals surface area contributed by atoms with Gasteiger partial charge in [-0.25, -0.2) is 9.59 Å². The van der Waals surface area contributed by atoms with Gasteiger partial charge in [0.2, 0.25) is 0 Å². The molecule has 0 bridgehead atoms. The van der Waals surface area contributed by atoms with Gasteiger partial charge >= 0.3 is 11.9 Å². The van der Waals surface area contributed by atoms with Gasteiger partial charge in [0.05, 0.1) is 0 Å². The Balaban J connectivity index is 2.50. The average molecular weight is 252 g/mol. The Kier molecular flexibility index (Phi) is 4.70. The Labute approximate surface area is 108 Å². The van der Waals surface area contributed by atoms with Gasteiger partial charge in [-0.2, -0.15) is 0 Å². The number of hydrogen-bond donors (Lipinski definition) is 0.